The number of hydrogen-bond acceptors (Lipinski definition) is 4. The highest BCUT2D eigenvalue weighted by molar-refractivity contribution is 7.10. The molecule has 0 aromatic carbocycles. The van der Waals surface area contributed by atoms with Gasteiger partial charge in [-0.05, 0) is 61.2 Å². The molecule has 0 unspecified atom stereocenters. The van der Waals surface area contributed by atoms with Crippen LogP contribution in [0.3, 0.4) is 0 Å². The Hall–Kier alpha value is -2.34. The Kier molecular flexibility index (Phi) is 3.98. The molecule has 0 saturated heterocycles. The molecule has 0 atom stereocenters. The highest BCUT2D eigenvalue weighted by Gasteiger charge is 2.17. The topological polar surface area (TPSA) is 70.9 Å². The van der Waals surface area contributed by atoms with Crippen LogP contribution in [0.15, 0.2) is 28.0 Å². The Bertz CT molecular complexity index is 875. The van der Waals surface area contributed by atoms with Crippen molar-refractivity contribution >= 4 is 17.2 Å². The van der Waals surface area contributed by atoms with Gasteiger partial charge in [0.25, 0.3) is 5.91 Å². The summed E-state index contributed by atoms with van der Waals surface area (Å²) in [6.45, 7) is 2.45. The van der Waals surface area contributed by atoms with Crippen LogP contribution in [0, 0.1) is 6.92 Å². The Balaban J connectivity index is 1.43. The first kappa shape index (κ1) is 15.2. The lowest BCUT2D eigenvalue weighted by molar-refractivity contribution is 0.0946. The van der Waals surface area contributed by atoms with Crippen LogP contribution in [0.5, 0.6) is 0 Å². The monoisotopic (exact) mass is 341 g/mol. The molecular formula is C18H19N3O2S. The minimum Gasteiger partial charge on any atom is -0.460 e. The summed E-state index contributed by atoms with van der Waals surface area (Å²) in [4.78, 5) is 13.8. The molecule has 0 bridgehead atoms. The molecule has 0 aliphatic heterocycles. The Labute approximate surface area is 144 Å². The maximum Gasteiger partial charge on any atom is 0.272 e. The predicted molar refractivity (Wildman–Crippen MR) is 93.2 cm³/mol. The summed E-state index contributed by atoms with van der Waals surface area (Å²) in [6.07, 6.45) is 4.84. The fourth-order valence-electron chi connectivity index (χ4n) is 3.12. The summed E-state index contributed by atoms with van der Waals surface area (Å²) in [5, 5.41) is 12.1. The van der Waals surface area contributed by atoms with Gasteiger partial charge in [-0.2, -0.15) is 5.10 Å². The summed E-state index contributed by atoms with van der Waals surface area (Å²) >= 11 is 1.82. The van der Waals surface area contributed by atoms with Crippen LogP contribution < -0.4 is 5.32 Å². The smallest absolute Gasteiger partial charge is 0.272 e. The average molecular weight is 341 g/mol. The number of fused-ring (bicyclic) bond motifs is 1. The van der Waals surface area contributed by atoms with Crippen LogP contribution in [-0.2, 0) is 19.4 Å². The number of H-pyrrole nitrogens is 1. The molecule has 24 heavy (non-hydrogen) atoms. The fourth-order valence-corrected chi connectivity index (χ4v) is 4.27. The number of carbonyl (C=O) groups is 1. The van der Waals surface area contributed by atoms with Crippen molar-refractivity contribution in [3.63, 3.8) is 0 Å². The second-order valence-electron chi connectivity index (χ2n) is 6.13. The van der Waals surface area contributed by atoms with E-state index < -0.39 is 0 Å². The molecule has 2 N–H and O–H groups in total. The second kappa shape index (κ2) is 6.28. The molecule has 0 fully saturated rings. The zero-order valence-electron chi connectivity index (χ0n) is 13.5. The number of nitrogens with one attached hydrogen (secondary N) is 2. The summed E-state index contributed by atoms with van der Waals surface area (Å²) in [6, 6.07) is 5.47. The van der Waals surface area contributed by atoms with Crippen LogP contribution in [0.4, 0.5) is 0 Å². The highest BCUT2D eigenvalue weighted by atomic mass is 32.1. The number of aromatic amines is 1. The summed E-state index contributed by atoms with van der Waals surface area (Å²) in [5.41, 5.74) is 3.78. The first-order chi connectivity index (χ1) is 11.7. The third-order valence-electron chi connectivity index (χ3n) is 4.40. The molecule has 0 radical (unpaired) electrons. The van der Waals surface area contributed by atoms with Gasteiger partial charge in [-0.15, -0.1) is 11.3 Å². The highest BCUT2D eigenvalue weighted by Crippen LogP contribution is 2.30. The van der Waals surface area contributed by atoms with Crippen LogP contribution in [-0.4, -0.2) is 16.1 Å². The average Bonchev–Trinajstić information content (AvgIpc) is 3.31. The van der Waals surface area contributed by atoms with Crippen LogP contribution >= 0.6 is 11.3 Å². The summed E-state index contributed by atoms with van der Waals surface area (Å²) in [7, 11) is 0. The largest absolute Gasteiger partial charge is 0.460 e. The van der Waals surface area contributed by atoms with E-state index in [-0.39, 0.29) is 5.91 Å². The number of rotatable bonds is 4. The molecule has 0 spiro atoms. The van der Waals surface area contributed by atoms with Crippen LogP contribution in [0.2, 0.25) is 0 Å². The standard InChI is InChI=1S/C18H19N3O2S/c1-11-6-7-16(23-11)14-8-15(21-20-14)18(22)19-9-12-10-24-17-5-3-2-4-13(12)17/h6-8,10H,2-5,9H2,1H3,(H,19,22)(H,20,21). The molecule has 0 saturated carbocycles. The number of furan rings is 1. The van der Waals surface area contributed by atoms with Crippen molar-refractivity contribution in [2.45, 2.75) is 39.2 Å². The zero-order valence-corrected chi connectivity index (χ0v) is 14.3. The van der Waals surface area contributed by atoms with Crippen molar-refractivity contribution in [2.24, 2.45) is 0 Å². The van der Waals surface area contributed by atoms with Gasteiger partial charge in [0.1, 0.15) is 11.5 Å². The van der Waals surface area contributed by atoms with E-state index in [1.165, 1.54) is 35.3 Å². The van der Waals surface area contributed by atoms with E-state index in [2.05, 4.69) is 20.9 Å². The lowest BCUT2D eigenvalue weighted by Gasteiger charge is -2.12. The number of thiophene rings is 1. The maximum absolute atomic E-state index is 12.3. The first-order valence-corrected chi connectivity index (χ1v) is 9.07. The van der Waals surface area contributed by atoms with E-state index in [1.807, 2.05) is 30.4 Å². The molecule has 1 aliphatic rings. The molecule has 1 amide bonds. The van der Waals surface area contributed by atoms with Crippen molar-refractivity contribution in [1.29, 1.82) is 0 Å². The lowest BCUT2D eigenvalue weighted by atomic mass is 9.96. The minimum atomic E-state index is -0.170. The SMILES string of the molecule is Cc1ccc(-c2cc(C(=O)NCc3csc4c3CCCC4)n[nH]2)o1. The normalized spacial score (nSPS) is 13.7. The molecule has 3 aromatic heterocycles. The van der Waals surface area contributed by atoms with E-state index in [9.17, 15) is 4.79 Å². The Morgan fingerprint density at radius 2 is 2.25 bits per heavy atom. The van der Waals surface area contributed by atoms with Crippen molar-refractivity contribution < 1.29 is 9.21 Å². The third kappa shape index (κ3) is 2.89. The third-order valence-corrected chi connectivity index (χ3v) is 5.54. The van der Waals surface area contributed by atoms with Crippen molar-refractivity contribution in [3.8, 4) is 11.5 Å². The lowest BCUT2D eigenvalue weighted by Crippen LogP contribution is -2.23. The Morgan fingerprint density at radius 3 is 3.08 bits per heavy atom. The van der Waals surface area contributed by atoms with E-state index in [0.717, 1.165) is 12.2 Å². The summed E-state index contributed by atoms with van der Waals surface area (Å²) < 4.78 is 5.54. The molecule has 6 heteroatoms. The number of aromatic nitrogens is 2. The van der Waals surface area contributed by atoms with Gasteiger partial charge < -0.3 is 9.73 Å². The van der Waals surface area contributed by atoms with Crippen molar-refractivity contribution in [3.05, 3.63) is 51.0 Å². The number of aryl methyl sites for hydroxylation is 2. The van der Waals surface area contributed by atoms with Gasteiger partial charge in [0, 0.05) is 17.5 Å². The molecule has 124 valence electrons. The van der Waals surface area contributed by atoms with E-state index in [4.69, 9.17) is 4.42 Å². The molecule has 3 aromatic rings. The number of nitrogens with zero attached hydrogens (tertiary/aromatic N) is 1. The first-order valence-electron chi connectivity index (χ1n) is 8.19. The van der Waals surface area contributed by atoms with Gasteiger partial charge in [0.05, 0.1) is 0 Å². The van der Waals surface area contributed by atoms with Gasteiger partial charge >= 0.3 is 0 Å². The molecule has 3 heterocycles. The number of carbonyl (C=O) groups excluding carboxylic acids is 1. The van der Waals surface area contributed by atoms with Crippen molar-refractivity contribution in [2.75, 3.05) is 0 Å². The van der Waals surface area contributed by atoms with E-state index in [0.29, 0.717) is 23.7 Å². The molecule has 4 rings (SSSR count). The minimum absolute atomic E-state index is 0.170. The van der Waals surface area contributed by atoms with Crippen molar-refractivity contribution in [1.82, 2.24) is 15.5 Å². The van der Waals surface area contributed by atoms with Gasteiger partial charge in [0.2, 0.25) is 0 Å². The molecule has 1 aliphatic carbocycles. The number of amides is 1. The van der Waals surface area contributed by atoms with Gasteiger partial charge in [-0.3, -0.25) is 9.89 Å². The summed E-state index contributed by atoms with van der Waals surface area (Å²) in [5.74, 6) is 1.34. The molecular weight excluding hydrogens is 322 g/mol. The van der Waals surface area contributed by atoms with E-state index >= 15 is 0 Å². The fraction of sp³-hybridized carbons (Fsp3) is 0.333. The number of hydrogen-bond donors (Lipinski definition) is 2. The van der Waals surface area contributed by atoms with Crippen LogP contribution in [0.25, 0.3) is 11.5 Å². The van der Waals surface area contributed by atoms with Gasteiger partial charge in [-0.1, -0.05) is 0 Å². The van der Waals surface area contributed by atoms with Gasteiger partial charge in [0.15, 0.2) is 11.5 Å². The quantitative estimate of drug-likeness (QED) is 0.757. The predicted octanol–water partition coefficient (Wildman–Crippen LogP) is 3.85. The molecule has 5 nitrogen and oxygen atoms in total. The van der Waals surface area contributed by atoms with E-state index in [1.54, 1.807) is 6.07 Å². The van der Waals surface area contributed by atoms with Crippen LogP contribution in [0.1, 0.15) is 45.1 Å². The maximum atomic E-state index is 12.3. The Morgan fingerprint density at radius 1 is 1.38 bits per heavy atom. The second-order valence-corrected chi connectivity index (χ2v) is 7.09. The van der Waals surface area contributed by atoms with Gasteiger partial charge in [-0.25, -0.2) is 0 Å². The zero-order chi connectivity index (χ0) is 16.5.